The molecular formula is C10H14NOSn. The molecular weight excluding hydrogens is 269 g/mol. The summed E-state index contributed by atoms with van der Waals surface area (Å²) in [6, 6.07) is 3.83. The SMILES string of the molecule is [CH3][Sn]([CH3])[CH2]C(=O)Cc1cccnc1. The van der Waals surface area contributed by atoms with E-state index in [1.54, 1.807) is 12.4 Å². The molecule has 1 aromatic rings. The van der Waals surface area contributed by atoms with Crippen LogP contribution in [0.2, 0.25) is 14.3 Å². The van der Waals surface area contributed by atoms with Crippen LogP contribution in [0.1, 0.15) is 5.56 Å². The number of pyridine rings is 1. The number of hydrogen-bond acceptors (Lipinski definition) is 2. The van der Waals surface area contributed by atoms with E-state index < -0.39 is 19.8 Å². The third-order valence-corrected chi connectivity index (χ3v) is 4.82. The van der Waals surface area contributed by atoms with Gasteiger partial charge in [-0.1, -0.05) is 0 Å². The van der Waals surface area contributed by atoms with Gasteiger partial charge in [0.1, 0.15) is 0 Å². The molecule has 0 aliphatic carbocycles. The second-order valence-corrected chi connectivity index (χ2v) is 11.4. The normalized spacial score (nSPS) is 10.4. The molecule has 13 heavy (non-hydrogen) atoms. The van der Waals surface area contributed by atoms with Gasteiger partial charge in [0.05, 0.1) is 0 Å². The molecule has 1 radical (unpaired) electrons. The molecule has 0 aliphatic heterocycles. The van der Waals surface area contributed by atoms with E-state index in [9.17, 15) is 4.79 Å². The summed E-state index contributed by atoms with van der Waals surface area (Å²) < 4.78 is 0.858. The van der Waals surface area contributed by atoms with Crippen molar-refractivity contribution in [3.63, 3.8) is 0 Å². The van der Waals surface area contributed by atoms with Gasteiger partial charge in [-0.3, -0.25) is 0 Å². The molecule has 0 bridgehead atoms. The predicted molar refractivity (Wildman–Crippen MR) is 55.2 cm³/mol. The van der Waals surface area contributed by atoms with Crippen LogP contribution in [-0.2, 0) is 11.2 Å². The standard InChI is InChI=1S/C8H8NO.2CH3.Sn/c1-7(10)5-8-3-2-4-9-6-8;;;/h2-4,6H,1,5H2;2*1H3;. The number of hydrogen-bond donors (Lipinski definition) is 0. The molecule has 69 valence electrons. The van der Waals surface area contributed by atoms with Gasteiger partial charge in [0, 0.05) is 0 Å². The van der Waals surface area contributed by atoms with Crippen LogP contribution in [0.3, 0.4) is 0 Å². The monoisotopic (exact) mass is 284 g/mol. The quantitative estimate of drug-likeness (QED) is 0.790. The van der Waals surface area contributed by atoms with Crippen LogP contribution in [0, 0.1) is 0 Å². The van der Waals surface area contributed by atoms with Gasteiger partial charge in [0.15, 0.2) is 0 Å². The van der Waals surface area contributed by atoms with Gasteiger partial charge in [0.25, 0.3) is 0 Å². The van der Waals surface area contributed by atoms with Crippen molar-refractivity contribution in [2.45, 2.75) is 20.7 Å². The average Bonchev–Trinajstić information content (AvgIpc) is 2.04. The first-order valence-electron chi connectivity index (χ1n) is 4.38. The van der Waals surface area contributed by atoms with Crippen LogP contribution in [0.4, 0.5) is 0 Å². The molecule has 0 aromatic carbocycles. The predicted octanol–water partition coefficient (Wildman–Crippen LogP) is 1.95. The van der Waals surface area contributed by atoms with Crippen LogP contribution < -0.4 is 0 Å². The van der Waals surface area contributed by atoms with E-state index in [1.807, 2.05) is 12.1 Å². The molecule has 0 N–H and O–H groups in total. The Labute approximate surface area is 86.1 Å². The molecule has 1 heterocycles. The Morgan fingerprint density at radius 1 is 1.54 bits per heavy atom. The average molecular weight is 283 g/mol. The van der Waals surface area contributed by atoms with Gasteiger partial charge < -0.3 is 0 Å². The molecule has 0 unspecified atom stereocenters. The van der Waals surface area contributed by atoms with Gasteiger partial charge in [-0.2, -0.15) is 0 Å². The Morgan fingerprint density at radius 2 is 2.31 bits per heavy atom. The number of ketones is 1. The molecule has 3 heteroatoms. The number of nitrogens with zero attached hydrogens (tertiary/aromatic N) is 1. The maximum absolute atomic E-state index is 11.4. The Kier molecular flexibility index (Phi) is 4.42. The summed E-state index contributed by atoms with van der Waals surface area (Å²) >= 11 is -1.23. The van der Waals surface area contributed by atoms with E-state index in [2.05, 4.69) is 14.9 Å². The molecule has 1 rings (SSSR count). The van der Waals surface area contributed by atoms with Crippen molar-refractivity contribution < 1.29 is 4.79 Å². The Balaban J connectivity index is 2.46. The van der Waals surface area contributed by atoms with Gasteiger partial charge in [-0.15, -0.1) is 0 Å². The number of carbonyl (C=O) groups excluding carboxylic acids is 1. The minimum atomic E-state index is -1.23. The van der Waals surface area contributed by atoms with Crippen molar-refractivity contribution in [2.75, 3.05) is 0 Å². The van der Waals surface area contributed by atoms with Crippen molar-refractivity contribution in [1.29, 1.82) is 0 Å². The number of carbonyl (C=O) groups is 1. The van der Waals surface area contributed by atoms with E-state index in [0.29, 0.717) is 12.2 Å². The molecule has 0 amide bonds. The van der Waals surface area contributed by atoms with E-state index >= 15 is 0 Å². The summed E-state index contributed by atoms with van der Waals surface area (Å²) in [6.07, 6.45) is 4.07. The van der Waals surface area contributed by atoms with E-state index in [-0.39, 0.29) is 0 Å². The van der Waals surface area contributed by atoms with Crippen LogP contribution in [0.15, 0.2) is 24.5 Å². The van der Waals surface area contributed by atoms with Crippen molar-refractivity contribution in [3.8, 4) is 0 Å². The molecule has 0 aliphatic rings. The molecule has 0 spiro atoms. The van der Waals surface area contributed by atoms with E-state index in [0.717, 1.165) is 10.0 Å². The first-order chi connectivity index (χ1) is 6.18. The van der Waals surface area contributed by atoms with E-state index in [1.165, 1.54) is 0 Å². The molecule has 0 fully saturated rings. The second-order valence-electron chi connectivity index (χ2n) is 3.46. The van der Waals surface area contributed by atoms with Crippen LogP contribution in [-0.4, -0.2) is 30.5 Å². The van der Waals surface area contributed by atoms with Gasteiger partial charge in [0.2, 0.25) is 0 Å². The topological polar surface area (TPSA) is 30.0 Å². The zero-order valence-electron chi connectivity index (χ0n) is 8.08. The van der Waals surface area contributed by atoms with Gasteiger partial charge >= 0.3 is 86.1 Å². The summed E-state index contributed by atoms with van der Waals surface area (Å²) in [5.74, 6) is 0.382. The maximum atomic E-state index is 11.4. The zero-order chi connectivity index (χ0) is 9.68. The number of Topliss-reactive ketones (excluding diaryl/α,β-unsaturated/α-hetero) is 1. The summed E-state index contributed by atoms with van der Waals surface area (Å²) in [5, 5.41) is 0. The van der Waals surface area contributed by atoms with Crippen molar-refractivity contribution in [3.05, 3.63) is 30.1 Å². The summed E-state index contributed by atoms with van der Waals surface area (Å²) in [4.78, 5) is 19.9. The van der Waals surface area contributed by atoms with Gasteiger partial charge in [-0.25, -0.2) is 0 Å². The minimum absolute atomic E-state index is 0.382. The van der Waals surface area contributed by atoms with Crippen molar-refractivity contribution in [2.24, 2.45) is 0 Å². The number of aromatic nitrogens is 1. The first kappa shape index (κ1) is 10.7. The summed E-state index contributed by atoms with van der Waals surface area (Å²) in [5.41, 5.74) is 1.04. The first-order valence-corrected chi connectivity index (χ1v) is 12.1. The second kappa shape index (κ2) is 5.37. The van der Waals surface area contributed by atoms with Crippen LogP contribution in [0.25, 0.3) is 0 Å². The summed E-state index contributed by atoms with van der Waals surface area (Å²) in [6.45, 7) is 0. The van der Waals surface area contributed by atoms with Crippen LogP contribution in [0.5, 0.6) is 0 Å². The zero-order valence-corrected chi connectivity index (χ0v) is 10.9. The van der Waals surface area contributed by atoms with Crippen LogP contribution >= 0.6 is 0 Å². The molecule has 2 nitrogen and oxygen atoms in total. The fourth-order valence-electron chi connectivity index (χ4n) is 1.19. The fourth-order valence-corrected chi connectivity index (χ4v) is 3.79. The third kappa shape index (κ3) is 4.41. The number of rotatable bonds is 4. The van der Waals surface area contributed by atoms with E-state index in [4.69, 9.17) is 0 Å². The van der Waals surface area contributed by atoms with Crippen molar-refractivity contribution in [1.82, 2.24) is 4.98 Å². The molecule has 1 aromatic heterocycles. The molecule has 0 saturated carbocycles. The Bertz CT molecular complexity index is 272. The molecule has 0 saturated heterocycles. The van der Waals surface area contributed by atoms with Gasteiger partial charge in [-0.05, 0) is 0 Å². The van der Waals surface area contributed by atoms with Crippen molar-refractivity contribution >= 4 is 25.5 Å². The Hall–Kier alpha value is -0.381. The third-order valence-electron chi connectivity index (χ3n) is 1.67. The summed E-state index contributed by atoms with van der Waals surface area (Å²) in [7, 11) is 0. The Morgan fingerprint density at radius 3 is 2.85 bits per heavy atom. The molecule has 0 atom stereocenters. The fraction of sp³-hybridized carbons (Fsp3) is 0.400.